The van der Waals surface area contributed by atoms with Gasteiger partial charge >= 0.3 is 0 Å². The average molecular weight is 354 g/mol. The van der Waals surface area contributed by atoms with Crippen LogP contribution >= 0.6 is 0 Å². The Labute approximate surface area is 162 Å². The number of hydrogen-bond acceptors (Lipinski definition) is 1. The Morgan fingerprint density at radius 1 is 0.704 bits per heavy atom. The zero-order valence-electron chi connectivity index (χ0n) is 15.9. The summed E-state index contributed by atoms with van der Waals surface area (Å²) in [6.07, 6.45) is 4.99. The summed E-state index contributed by atoms with van der Waals surface area (Å²) >= 11 is 0. The maximum atomic E-state index is 11.4. The molecule has 0 fully saturated rings. The lowest BCUT2D eigenvalue weighted by Gasteiger charge is -2.07. The van der Waals surface area contributed by atoms with Crippen LogP contribution in [0.5, 0.6) is 0 Å². The molecule has 0 amide bonds. The van der Waals surface area contributed by atoms with Gasteiger partial charge in [0.2, 0.25) is 0 Å². The van der Waals surface area contributed by atoms with Crippen molar-refractivity contribution in [2.24, 2.45) is 0 Å². The summed E-state index contributed by atoms with van der Waals surface area (Å²) in [7, 11) is 0. The van der Waals surface area contributed by atoms with Crippen LogP contribution in [-0.2, 0) is 17.6 Å². The minimum absolute atomic E-state index is 0.0948. The highest BCUT2D eigenvalue weighted by Crippen LogP contribution is 2.26. The second-order valence-electron chi connectivity index (χ2n) is 6.89. The van der Waals surface area contributed by atoms with Gasteiger partial charge in [0, 0.05) is 6.42 Å². The van der Waals surface area contributed by atoms with E-state index >= 15 is 0 Å². The monoisotopic (exact) mass is 354 g/mol. The highest BCUT2D eigenvalue weighted by molar-refractivity contribution is 5.89. The molecule has 0 aliphatic carbocycles. The van der Waals surface area contributed by atoms with Gasteiger partial charge in [0.15, 0.2) is 5.78 Å². The molecule has 0 spiro atoms. The molecular weight excluding hydrogens is 328 g/mol. The van der Waals surface area contributed by atoms with Gasteiger partial charge in [-0.15, -0.1) is 0 Å². The highest BCUT2D eigenvalue weighted by Gasteiger charge is 2.03. The molecule has 0 aromatic heterocycles. The Balaban J connectivity index is 1.69. The molecule has 3 rings (SSSR count). The van der Waals surface area contributed by atoms with E-state index in [-0.39, 0.29) is 5.78 Å². The van der Waals surface area contributed by atoms with Crippen molar-refractivity contribution in [3.8, 4) is 22.3 Å². The van der Waals surface area contributed by atoms with Crippen molar-refractivity contribution in [1.82, 2.24) is 0 Å². The van der Waals surface area contributed by atoms with Gasteiger partial charge < -0.3 is 0 Å². The fraction of sp³-hybridized carbons (Fsp3) is 0.192. The van der Waals surface area contributed by atoms with Crippen molar-refractivity contribution in [3.05, 3.63) is 96.6 Å². The molecular formula is C26H26O. The van der Waals surface area contributed by atoms with Crippen LogP contribution in [0, 0.1) is 0 Å². The number of aryl methyl sites for hydroxylation is 2. The van der Waals surface area contributed by atoms with Crippen LogP contribution in [0.1, 0.15) is 30.9 Å². The van der Waals surface area contributed by atoms with Crippen molar-refractivity contribution in [1.29, 1.82) is 0 Å². The second-order valence-corrected chi connectivity index (χ2v) is 6.89. The quantitative estimate of drug-likeness (QED) is 0.413. The van der Waals surface area contributed by atoms with Gasteiger partial charge in [-0.05, 0) is 52.3 Å². The van der Waals surface area contributed by atoms with Gasteiger partial charge in [-0.2, -0.15) is 0 Å². The number of benzene rings is 3. The van der Waals surface area contributed by atoms with Crippen LogP contribution < -0.4 is 0 Å². The molecule has 27 heavy (non-hydrogen) atoms. The van der Waals surface area contributed by atoms with Gasteiger partial charge in [0.1, 0.15) is 0 Å². The van der Waals surface area contributed by atoms with E-state index in [9.17, 15) is 4.79 Å². The van der Waals surface area contributed by atoms with Crippen molar-refractivity contribution in [2.75, 3.05) is 0 Å². The number of ketones is 1. The van der Waals surface area contributed by atoms with E-state index in [1.807, 2.05) is 0 Å². The molecule has 0 aliphatic heterocycles. The Bertz CT molecular complexity index is 884. The van der Waals surface area contributed by atoms with Gasteiger partial charge in [-0.3, -0.25) is 4.79 Å². The predicted molar refractivity (Wildman–Crippen MR) is 115 cm³/mol. The van der Waals surface area contributed by atoms with E-state index in [4.69, 9.17) is 0 Å². The third-order valence-electron chi connectivity index (χ3n) is 4.89. The molecule has 0 heterocycles. The molecule has 0 radical (unpaired) electrons. The fourth-order valence-electron chi connectivity index (χ4n) is 3.24. The SMILES string of the molecule is C=CC(=O)CCc1ccc(-c2ccc(-c3ccc(CCC)cc3)cc2)cc1. The maximum absolute atomic E-state index is 11.4. The summed E-state index contributed by atoms with van der Waals surface area (Å²) in [6.45, 7) is 5.73. The summed E-state index contributed by atoms with van der Waals surface area (Å²) in [5, 5.41) is 0. The first-order chi connectivity index (χ1) is 13.2. The van der Waals surface area contributed by atoms with E-state index in [1.54, 1.807) is 0 Å². The average Bonchev–Trinajstić information content (AvgIpc) is 2.73. The summed E-state index contributed by atoms with van der Waals surface area (Å²) in [5.41, 5.74) is 7.46. The second kappa shape index (κ2) is 9.14. The first kappa shape index (κ1) is 18.8. The zero-order chi connectivity index (χ0) is 19.1. The molecule has 0 saturated heterocycles. The molecule has 0 atom stereocenters. The van der Waals surface area contributed by atoms with E-state index in [1.165, 1.54) is 45.9 Å². The zero-order valence-corrected chi connectivity index (χ0v) is 15.9. The van der Waals surface area contributed by atoms with Gasteiger partial charge in [-0.25, -0.2) is 0 Å². The Morgan fingerprint density at radius 2 is 1.07 bits per heavy atom. The Morgan fingerprint density at radius 3 is 1.44 bits per heavy atom. The topological polar surface area (TPSA) is 17.1 Å². The Hall–Kier alpha value is -2.93. The van der Waals surface area contributed by atoms with Crippen molar-refractivity contribution < 1.29 is 4.79 Å². The molecule has 136 valence electrons. The number of carbonyl (C=O) groups is 1. The van der Waals surface area contributed by atoms with Gasteiger partial charge in [0.25, 0.3) is 0 Å². The Kier molecular flexibility index (Phi) is 6.38. The number of carbonyl (C=O) groups excluding carboxylic acids is 1. The molecule has 1 nitrogen and oxygen atoms in total. The number of allylic oxidation sites excluding steroid dienone is 1. The first-order valence-electron chi connectivity index (χ1n) is 9.63. The lowest BCUT2D eigenvalue weighted by molar-refractivity contribution is -0.114. The standard InChI is InChI=1S/C26H26O/c1-3-5-20-6-11-22(12-7-20)24-15-17-25(18-16-24)23-13-8-21(9-14-23)10-19-26(27)4-2/h4,6-9,11-18H,2-3,5,10,19H2,1H3. The molecule has 3 aromatic carbocycles. The molecule has 3 aromatic rings. The summed E-state index contributed by atoms with van der Waals surface area (Å²) in [4.78, 5) is 11.4. The van der Waals surface area contributed by atoms with Gasteiger partial charge in [-0.1, -0.05) is 92.7 Å². The lowest BCUT2D eigenvalue weighted by atomic mass is 9.98. The third-order valence-corrected chi connectivity index (χ3v) is 4.89. The lowest BCUT2D eigenvalue weighted by Crippen LogP contribution is -1.95. The van der Waals surface area contributed by atoms with E-state index in [2.05, 4.69) is 86.3 Å². The van der Waals surface area contributed by atoms with Crippen LogP contribution in [0.2, 0.25) is 0 Å². The fourth-order valence-corrected chi connectivity index (χ4v) is 3.24. The smallest absolute Gasteiger partial charge is 0.155 e. The molecule has 0 aliphatic rings. The van der Waals surface area contributed by atoms with Crippen LogP contribution in [0.15, 0.2) is 85.5 Å². The highest BCUT2D eigenvalue weighted by atomic mass is 16.1. The minimum Gasteiger partial charge on any atom is -0.295 e. The van der Waals surface area contributed by atoms with E-state index in [0.717, 1.165) is 12.8 Å². The molecule has 0 N–H and O–H groups in total. The first-order valence-corrected chi connectivity index (χ1v) is 9.63. The minimum atomic E-state index is 0.0948. The molecule has 1 heteroatoms. The molecule has 0 saturated carbocycles. The summed E-state index contributed by atoms with van der Waals surface area (Å²) in [5.74, 6) is 0.0948. The van der Waals surface area contributed by atoms with Crippen molar-refractivity contribution in [2.45, 2.75) is 32.6 Å². The van der Waals surface area contributed by atoms with E-state index in [0.29, 0.717) is 6.42 Å². The van der Waals surface area contributed by atoms with Crippen LogP contribution in [0.4, 0.5) is 0 Å². The molecule has 0 unspecified atom stereocenters. The van der Waals surface area contributed by atoms with Crippen LogP contribution in [0.3, 0.4) is 0 Å². The number of hydrogen-bond donors (Lipinski definition) is 0. The number of rotatable bonds is 8. The van der Waals surface area contributed by atoms with Crippen LogP contribution in [0.25, 0.3) is 22.3 Å². The van der Waals surface area contributed by atoms with Gasteiger partial charge in [0.05, 0.1) is 0 Å². The molecule has 0 bridgehead atoms. The summed E-state index contributed by atoms with van der Waals surface area (Å²) < 4.78 is 0. The largest absolute Gasteiger partial charge is 0.295 e. The third kappa shape index (κ3) is 5.04. The predicted octanol–water partition coefficient (Wildman–Crippen LogP) is 6.66. The van der Waals surface area contributed by atoms with Crippen molar-refractivity contribution in [3.63, 3.8) is 0 Å². The van der Waals surface area contributed by atoms with E-state index < -0.39 is 0 Å². The maximum Gasteiger partial charge on any atom is 0.155 e. The summed E-state index contributed by atoms with van der Waals surface area (Å²) in [6, 6.07) is 26.0. The van der Waals surface area contributed by atoms with Crippen molar-refractivity contribution >= 4 is 5.78 Å². The van der Waals surface area contributed by atoms with Crippen LogP contribution in [-0.4, -0.2) is 5.78 Å². The normalized spacial score (nSPS) is 10.6.